The minimum absolute atomic E-state index is 0. The molecule has 3 amide bonds. The van der Waals surface area contributed by atoms with Crippen molar-refractivity contribution in [1.29, 1.82) is 0 Å². The number of hydrogen-bond donors (Lipinski definition) is 1. The SMILES string of the molecule is Cl.O=C(O)N1C(=O)c2ccccc2C1=O. The van der Waals surface area contributed by atoms with Gasteiger partial charge in [0.15, 0.2) is 0 Å². The highest BCUT2D eigenvalue weighted by molar-refractivity contribution is 6.27. The largest absolute Gasteiger partial charge is 0.464 e. The zero-order valence-corrected chi connectivity index (χ0v) is 8.15. The molecule has 1 aromatic carbocycles. The van der Waals surface area contributed by atoms with Crippen LogP contribution >= 0.6 is 12.4 Å². The van der Waals surface area contributed by atoms with Gasteiger partial charge in [0.25, 0.3) is 11.8 Å². The van der Waals surface area contributed by atoms with E-state index >= 15 is 0 Å². The highest BCUT2D eigenvalue weighted by atomic mass is 35.5. The Labute approximate surface area is 90.7 Å². The molecule has 1 aliphatic rings. The first-order chi connectivity index (χ1) is 6.63. The quantitative estimate of drug-likeness (QED) is 0.680. The molecule has 1 heterocycles. The van der Waals surface area contributed by atoms with Gasteiger partial charge in [-0.2, -0.15) is 4.90 Å². The van der Waals surface area contributed by atoms with Crippen LogP contribution in [0.15, 0.2) is 24.3 Å². The fraction of sp³-hybridized carbons (Fsp3) is 0. The summed E-state index contributed by atoms with van der Waals surface area (Å²) in [7, 11) is 0. The predicted octanol–water partition coefficient (Wildman–Crippen LogP) is 1.38. The molecule has 0 saturated heterocycles. The van der Waals surface area contributed by atoms with Gasteiger partial charge in [0.05, 0.1) is 11.1 Å². The van der Waals surface area contributed by atoms with Gasteiger partial charge in [-0.3, -0.25) is 9.59 Å². The average molecular weight is 228 g/mol. The van der Waals surface area contributed by atoms with Gasteiger partial charge in [-0.1, -0.05) is 12.1 Å². The molecular weight excluding hydrogens is 222 g/mol. The van der Waals surface area contributed by atoms with Crippen LogP contribution in [0.4, 0.5) is 4.79 Å². The fourth-order valence-corrected chi connectivity index (χ4v) is 1.36. The molecule has 0 aromatic heterocycles. The van der Waals surface area contributed by atoms with Crippen LogP contribution < -0.4 is 0 Å². The Morgan fingerprint density at radius 1 is 1.07 bits per heavy atom. The average Bonchev–Trinajstić information content (AvgIpc) is 2.41. The summed E-state index contributed by atoms with van der Waals surface area (Å²) in [5.74, 6) is -1.56. The van der Waals surface area contributed by atoms with E-state index in [1.54, 1.807) is 12.1 Å². The summed E-state index contributed by atoms with van der Waals surface area (Å²) < 4.78 is 0. The maximum absolute atomic E-state index is 11.4. The highest BCUT2D eigenvalue weighted by Crippen LogP contribution is 2.21. The molecule has 1 N–H and O–H groups in total. The van der Waals surface area contributed by atoms with Crippen molar-refractivity contribution in [3.8, 4) is 0 Å². The van der Waals surface area contributed by atoms with Crippen molar-refractivity contribution < 1.29 is 19.5 Å². The third-order valence-electron chi connectivity index (χ3n) is 1.99. The summed E-state index contributed by atoms with van der Waals surface area (Å²) >= 11 is 0. The van der Waals surface area contributed by atoms with Crippen molar-refractivity contribution in [1.82, 2.24) is 4.90 Å². The molecule has 1 aromatic rings. The lowest BCUT2D eigenvalue weighted by atomic mass is 10.1. The molecule has 0 saturated carbocycles. The lowest BCUT2D eigenvalue weighted by Gasteiger charge is -2.04. The number of carbonyl (C=O) groups is 3. The van der Waals surface area contributed by atoms with Crippen molar-refractivity contribution in [3.63, 3.8) is 0 Å². The summed E-state index contributed by atoms with van der Waals surface area (Å²) in [5.41, 5.74) is 0.278. The molecule has 0 fully saturated rings. The topological polar surface area (TPSA) is 74.7 Å². The van der Waals surface area contributed by atoms with Crippen LogP contribution in [0.25, 0.3) is 0 Å². The first-order valence-electron chi connectivity index (χ1n) is 3.83. The molecule has 0 atom stereocenters. The molecule has 0 unspecified atom stereocenters. The summed E-state index contributed by atoms with van der Waals surface area (Å²) in [6, 6.07) is 6.02. The minimum atomic E-state index is -1.55. The number of carboxylic acid groups (broad SMARTS) is 1. The monoisotopic (exact) mass is 227 g/mol. The van der Waals surface area contributed by atoms with Crippen molar-refractivity contribution in [2.75, 3.05) is 0 Å². The first kappa shape index (κ1) is 11.2. The zero-order chi connectivity index (χ0) is 10.3. The third kappa shape index (κ3) is 1.46. The number of carbonyl (C=O) groups excluding carboxylic acids is 2. The van der Waals surface area contributed by atoms with Crippen LogP contribution in [0.5, 0.6) is 0 Å². The Kier molecular flexibility index (Phi) is 2.76. The summed E-state index contributed by atoms with van der Waals surface area (Å²) in [5, 5.41) is 8.61. The number of nitrogens with zero attached hydrogens (tertiary/aromatic N) is 1. The van der Waals surface area contributed by atoms with Crippen LogP contribution in [0.2, 0.25) is 0 Å². The number of benzene rings is 1. The number of amides is 3. The molecule has 78 valence electrons. The molecule has 0 aliphatic carbocycles. The van der Waals surface area contributed by atoms with Crippen LogP contribution in [0.3, 0.4) is 0 Å². The molecule has 1 aliphatic heterocycles. The lowest BCUT2D eigenvalue weighted by Crippen LogP contribution is -2.34. The molecular formula is C9H6ClNO4. The molecule has 0 bridgehead atoms. The standard InChI is InChI=1S/C9H5NO4.ClH/c11-7-5-3-1-2-4-6(5)8(12)10(7)9(13)14;/h1-4H,(H,13,14);1H. The van der Waals surface area contributed by atoms with Crippen molar-refractivity contribution in [2.24, 2.45) is 0 Å². The summed E-state index contributed by atoms with van der Waals surface area (Å²) in [4.78, 5) is 33.5. The number of imide groups is 3. The molecule has 5 nitrogen and oxygen atoms in total. The van der Waals surface area contributed by atoms with Crippen LogP contribution in [-0.2, 0) is 0 Å². The summed E-state index contributed by atoms with van der Waals surface area (Å²) in [6.45, 7) is 0. The molecule has 0 radical (unpaired) electrons. The van der Waals surface area contributed by atoms with Gasteiger partial charge in [0.1, 0.15) is 0 Å². The normalized spacial score (nSPS) is 13.5. The summed E-state index contributed by atoms with van der Waals surface area (Å²) in [6.07, 6.45) is -1.55. The second-order valence-corrected chi connectivity index (χ2v) is 2.77. The predicted molar refractivity (Wildman–Crippen MR) is 52.2 cm³/mol. The Balaban J connectivity index is 0.00000112. The van der Waals surface area contributed by atoms with E-state index in [0.29, 0.717) is 0 Å². The maximum Gasteiger partial charge on any atom is 0.421 e. The Morgan fingerprint density at radius 3 is 1.80 bits per heavy atom. The third-order valence-corrected chi connectivity index (χ3v) is 1.99. The second-order valence-electron chi connectivity index (χ2n) is 2.77. The van der Waals surface area contributed by atoms with E-state index in [1.807, 2.05) is 0 Å². The van der Waals surface area contributed by atoms with Crippen LogP contribution in [0, 0.1) is 0 Å². The van der Waals surface area contributed by atoms with Gasteiger partial charge >= 0.3 is 6.09 Å². The van der Waals surface area contributed by atoms with Gasteiger partial charge in [0, 0.05) is 0 Å². The van der Waals surface area contributed by atoms with E-state index < -0.39 is 17.9 Å². The van der Waals surface area contributed by atoms with Gasteiger partial charge < -0.3 is 5.11 Å². The van der Waals surface area contributed by atoms with E-state index in [9.17, 15) is 14.4 Å². The van der Waals surface area contributed by atoms with Crippen molar-refractivity contribution in [3.05, 3.63) is 35.4 Å². The molecule has 15 heavy (non-hydrogen) atoms. The van der Waals surface area contributed by atoms with E-state index in [2.05, 4.69) is 0 Å². The zero-order valence-electron chi connectivity index (χ0n) is 7.34. The van der Waals surface area contributed by atoms with Gasteiger partial charge in [-0.15, -0.1) is 12.4 Å². The Morgan fingerprint density at radius 2 is 1.47 bits per heavy atom. The second kappa shape index (κ2) is 3.70. The smallest absolute Gasteiger partial charge is 0.421 e. The molecule has 2 rings (SSSR count). The van der Waals surface area contributed by atoms with Crippen LogP contribution in [-0.4, -0.2) is 27.9 Å². The van der Waals surface area contributed by atoms with Gasteiger partial charge in [-0.05, 0) is 12.1 Å². The Bertz CT molecular complexity index is 422. The van der Waals surface area contributed by atoms with Crippen molar-refractivity contribution in [2.45, 2.75) is 0 Å². The van der Waals surface area contributed by atoms with E-state index in [4.69, 9.17) is 5.11 Å². The first-order valence-corrected chi connectivity index (χ1v) is 3.83. The molecule has 0 spiro atoms. The molecule has 6 heteroatoms. The van der Waals surface area contributed by atoms with E-state index in [1.165, 1.54) is 12.1 Å². The minimum Gasteiger partial charge on any atom is -0.464 e. The van der Waals surface area contributed by atoms with Crippen molar-refractivity contribution >= 4 is 30.3 Å². The number of halogens is 1. The fourth-order valence-electron chi connectivity index (χ4n) is 1.36. The van der Waals surface area contributed by atoms with E-state index in [-0.39, 0.29) is 28.4 Å². The van der Waals surface area contributed by atoms with Gasteiger partial charge in [0.2, 0.25) is 0 Å². The lowest BCUT2D eigenvalue weighted by molar-refractivity contribution is 0.0651. The van der Waals surface area contributed by atoms with Crippen LogP contribution in [0.1, 0.15) is 20.7 Å². The highest BCUT2D eigenvalue weighted by Gasteiger charge is 2.39. The Hall–Kier alpha value is -1.88. The number of rotatable bonds is 0. The van der Waals surface area contributed by atoms with E-state index in [0.717, 1.165) is 0 Å². The van der Waals surface area contributed by atoms with Gasteiger partial charge in [-0.25, -0.2) is 4.79 Å². The number of hydrogen-bond acceptors (Lipinski definition) is 3. The number of fused-ring (bicyclic) bond motifs is 1. The maximum atomic E-state index is 11.4.